The van der Waals surface area contributed by atoms with E-state index in [4.69, 9.17) is 0 Å². The molecule has 0 radical (unpaired) electrons. The van der Waals surface area contributed by atoms with Gasteiger partial charge in [-0.05, 0) is 44.0 Å². The molecule has 7 heteroatoms. The van der Waals surface area contributed by atoms with Crippen LogP contribution in [0.3, 0.4) is 0 Å². The smallest absolute Gasteiger partial charge is 0.243 e. The van der Waals surface area contributed by atoms with Gasteiger partial charge in [0.1, 0.15) is 5.75 Å². The van der Waals surface area contributed by atoms with Crippen molar-refractivity contribution in [1.82, 2.24) is 10.2 Å². The number of para-hydroxylation sites is 3. The Morgan fingerprint density at radius 3 is 2.27 bits per heavy atom. The Morgan fingerprint density at radius 2 is 1.63 bits per heavy atom. The van der Waals surface area contributed by atoms with Crippen molar-refractivity contribution < 1.29 is 14.7 Å². The van der Waals surface area contributed by atoms with Crippen LogP contribution in [0.1, 0.15) is 18.1 Å². The van der Waals surface area contributed by atoms with Crippen LogP contribution in [0.25, 0.3) is 0 Å². The lowest BCUT2D eigenvalue weighted by atomic mass is 10.1. The highest BCUT2D eigenvalue weighted by Gasteiger charge is 2.26. The van der Waals surface area contributed by atoms with Crippen molar-refractivity contribution in [2.75, 3.05) is 42.9 Å². The number of benzene rings is 2. The van der Waals surface area contributed by atoms with Crippen molar-refractivity contribution in [2.45, 2.75) is 26.8 Å². The zero-order chi connectivity index (χ0) is 21.7. The van der Waals surface area contributed by atoms with Crippen LogP contribution in [0.4, 0.5) is 11.4 Å². The number of anilines is 2. The van der Waals surface area contributed by atoms with E-state index in [9.17, 15) is 14.7 Å². The van der Waals surface area contributed by atoms with Crippen molar-refractivity contribution in [2.24, 2.45) is 0 Å². The lowest BCUT2D eigenvalue weighted by Crippen LogP contribution is -2.54. The minimum atomic E-state index is -0.329. The summed E-state index contributed by atoms with van der Waals surface area (Å²) in [7, 11) is 0. The van der Waals surface area contributed by atoms with Crippen molar-refractivity contribution >= 4 is 23.2 Å². The molecular weight excluding hydrogens is 380 g/mol. The van der Waals surface area contributed by atoms with Crippen LogP contribution in [0.2, 0.25) is 0 Å². The van der Waals surface area contributed by atoms with Crippen LogP contribution in [0.15, 0.2) is 42.5 Å². The molecule has 1 atom stereocenters. The maximum absolute atomic E-state index is 12.6. The van der Waals surface area contributed by atoms with Gasteiger partial charge in [0.2, 0.25) is 11.8 Å². The van der Waals surface area contributed by atoms with E-state index in [1.54, 1.807) is 12.1 Å². The molecule has 1 saturated heterocycles. The molecule has 7 nitrogen and oxygen atoms in total. The largest absolute Gasteiger partial charge is 0.506 e. The molecule has 1 unspecified atom stereocenters. The minimum absolute atomic E-state index is 0.0607. The van der Waals surface area contributed by atoms with Gasteiger partial charge in [-0.1, -0.05) is 30.3 Å². The van der Waals surface area contributed by atoms with Crippen LogP contribution in [0, 0.1) is 13.8 Å². The number of phenolic OH excluding ortho intramolecular Hbond substituents is 1. The highest BCUT2D eigenvalue weighted by molar-refractivity contribution is 5.96. The SMILES string of the molecule is Cc1cccc(C)c1NC(=O)CNC(=O)C(C)N1CCN(c2ccccc2O)CC1. The maximum atomic E-state index is 12.6. The highest BCUT2D eigenvalue weighted by Crippen LogP contribution is 2.27. The summed E-state index contributed by atoms with van der Waals surface area (Å²) in [4.78, 5) is 29.0. The third-order valence-corrected chi connectivity index (χ3v) is 5.63. The number of amides is 2. The van der Waals surface area contributed by atoms with E-state index in [1.807, 2.05) is 51.1 Å². The van der Waals surface area contributed by atoms with Crippen LogP contribution in [0.5, 0.6) is 5.75 Å². The number of aromatic hydroxyl groups is 1. The molecule has 0 saturated carbocycles. The topological polar surface area (TPSA) is 84.9 Å². The predicted molar refractivity (Wildman–Crippen MR) is 119 cm³/mol. The predicted octanol–water partition coefficient (Wildman–Crippen LogP) is 2.27. The van der Waals surface area contributed by atoms with Crippen molar-refractivity contribution in [3.8, 4) is 5.75 Å². The molecule has 1 aliphatic heterocycles. The molecule has 30 heavy (non-hydrogen) atoms. The van der Waals surface area contributed by atoms with E-state index < -0.39 is 0 Å². The van der Waals surface area contributed by atoms with Gasteiger partial charge in [-0.2, -0.15) is 0 Å². The summed E-state index contributed by atoms with van der Waals surface area (Å²) >= 11 is 0. The average molecular weight is 411 g/mol. The Hall–Kier alpha value is -3.06. The van der Waals surface area contributed by atoms with Crippen molar-refractivity contribution in [3.63, 3.8) is 0 Å². The number of aryl methyl sites for hydroxylation is 2. The molecule has 1 fully saturated rings. The van der Waals surface area contributed by atoms with E-state index >= 15 is 0 Å². The lowest BCUT2D eigenvalue weighted by Gasteiger charge is -2.38. The molecule has 0 bridgehead atoms. The molecule has 0 spiro atoms. The zero-order valence-electron chi connectivity index (χ0n) is 17.8. The van der Waals surface area contributed by atoms with E-state index in [2.05, 4.69) is 20.4 Å². The Bertz CT molecular complexity index is 887. The summed E-state index contributed by atoms with van der Waals surface area (Å²) in [6.45, 7) is 8.54. The quantitative estimate of drug-likeness (QED) is 0.680. The Labute approximate surface area is 177 Å². The minimum Gasteiger partial charge on any atom is -0.506 e. The molecule has 1 heterocycles. The van der Waals surface area contributed by atoms with Crippen LogP contribution in [-0.4, -0.2) is 60.6 Å². The van der Waals surface area contributed by atoms with Crippen LogP contribution in [-0.2, 0) is 9.59 Å². The summed E-state index contributed by atoms with van der Waals surface area (Å²) in [5.41, 5.74) is 3.60. The molecule has 2 aromatic rings. The van der Waals surface area contributed by atoms with Gasteiger partial charge >= 0.3 is 0 Å². The number of rotatable bonds is 6. The summed E-state index contributed by atoms with van der Waals surface area (Å²) in [6.07, 6.45) is 0. The second-order valence-corrected chi connectivity index (χ2v) is 7.72. The van der Waals surface area contributed by atoms with Gasteiger partial charge in [0.25, 0.3) is 0 Å². The normalized spacial score (nSPS) is 15.5. The van der Waals surface area contributed by atoms with Gasteiger partial charge < -0.3 is 20.6 Å². The number of carbonyl (C=O) groups is 2. The molecule has 160 valence electrons. The monoisotopic (exact) mass is 410 g/mol. The van der Waals surface area contributed by atoms with Crippen LogP contribution < -0.4 is 15.5 Å². The van der Waals surface area contributed by atoms with E-state index in [1.165, 1.54) is 0 Å². The van der Waals surface area contributed by atoms with Gasteiger partial charge in [0.15, 0.2) is 0 Å². The molecule has 1 aliphatic rings. The third-order valence-electron chi connectivity index (χ3n) is 5.63. The Morgan fingerprint density at radius 1 is 1.00 bits per heavy atom. The first-order valence-corrected chi connectivity index (χ1v) is 10.3. The summed E-state index contributed by atoms with van der Waals surface area (Å²) in [5.74, 6) is -0.133. The van der Waals surface area contributed by atoms with E-state index in [0.29, 0.717) is 13.1 Å². The summed E-state index contributed by atoms with van der Waals surface area (Å²) in [6, 6.07) is 12.8. The number of nitrogens with one attached hydrogen (secondary N) is 2. The molecule has 2 amide bonds. The van der Waals surface area contributed by atoms with Gasteiger partial charge in [0, 0.05) is 31.9 Å². The average Bonchev–Trinajstić information content (AvgIpc) is 2.75. The fourth-order valence-electron chi connectivity index (χ4n) is 3.76. The third kappa shape index (κ3) is 5.10. The van der Waals surface area contributed by atoms with Gasteiger partial charge in [-0.3, -0.25) is 14.5 Å². The Balaban J connectivity index is 1.47. The molecule has 2 aromatic carbocycles. The number of phenols is 1. The molecule has 0 aliphatic carbocycles. The Kier molecular flexibility index (Phi) is 6.95. The van der Waals surface area contributed by atoms with Crippen LogP contribution >= 0.6 is 0 Å². The van der Waals surface area contributed by atoms with Gasteiger partial charge in [0.05, 0.1) is 18.3 Å². The second kappa shape index (κ2) is 9.63. The van der Waals surface area contributed by atoms with E-state index in [0.717, 1.165) is 35.6 Å². The van der Waals surface area contributed by atoms with E-state index in [-0.39, 0.29) is 30.2 Å². The first-order chi connectivity index (χ1) is 14.4. The summed E-state index contributed by atoms with van der Waals surface area (Å²) < 4.78 is 0. The molecule has 0 aromatic heterocycles. The summed E-state index contributed by atoms with van der Waals surface area (Å²) in [5, 5.41) is 15.7. The second-order valence-electron chi connectivity index (χ2n) is 7.72. The van der Waals surface area contributed by atoms with Crippen molar-refractivity contribution in [3.05, 3.63) is 53.6 Å². The first-order valence-electron chi connectivity index (χ1n) is 10.3. The standard InChI is InChI=1S/C23H30N4O3/c1-16-7-6-8-17(2)22(16)25-21(29)15-24-23(30)18(3)26-11-13-27(14-12-26)19-9-4-5-10-20(19)28/h4-10,18,28H,11-15H2,1-3H3,(H,24,30)(H,25,29). The van der Waals surface area contributed by atoms with Gasteiger partial charge in [-0.25, -0.2) is 0 Å². The van der Waals surface area contributed by atoms with Crippen molar-refractivity contribution in [1.29, 1.82) is 0 Å². The lowest BCUT2D eigenvalue weighted by molar-refractivity contribution is -0.128. The number of hydrogen-bond acceptors (Lipinski definition) is 5. The number of hydrogen-bond donors (Lipinski definition) is 3. The molecule has 3 N–H and O–H groups in total. The first kappa shape index (κ1) is 21.6. The molecule has 3 rings (SSSR count). The maximum Gasteiger partial charge on any atom is 0.243 e. The number of piperazine rings is 1. The fraction of sp³-hybridized carbons (Fsp3) is 0.391. The molecular formula is C23H30N4O3. The van der Waals surface area contributed by atoms with Gasteiger partial charge in [-0.15, -0.1) is 0 Å². The number of carbonyl (C=O) groups excluding carboxylic acids is 2. The zero-order valence-corrected chi connectivity index (χ0v) is 17.8. The highest BCUT2D eigenvalue weighted by atomic mass is 16.3. The fourth-order valence-corrected chi connectivity index (χ4v) is 3.76. The number of nitrogens with zero attached hydrogens (tertiary/aromatic N) is 2.